The number of benzene rings is 1. The van der Waals surface area contributed by atoms with E-state index in [-0.39, 0.29) is 12.2 Å². The fourth-order valence-corrected chi connectivity index (χ4v) is 2.36. The van der Waals surface area contributed by atoms with Gasteiger partial charge in [0.25, 0.3) is 0 Å². The number of hydrogen-bond donors (Lipinski definition) is 2. The van der Waals surface area contributed by atoms with Gasteiger partial charge in [0.05, 0.1) is 18.3 Å². The molecule has 2 N–H and O–H groups in total. The number of nitrogens with one attached hydrogen (secondary N) is 2. The lowest BCUT2D eigenvalue weighted by Crippen LogP contribution is -2.47. The smallest absolute Gasteiger partial charge is 0.240 e. The first-order valence-corrected chi connectivity index (χ1v) is 6.46. The molecule has 0 atom stereocenters. The molecule has 20 heavy (non-hydrogen) atoms. The van der Waals surface area contributed by atoms with Gasteiger partial charge in [0.15, 0.2) is 0 Å². The number of carbonyl (C=O) groups is 1. The van der Waals surface area contributed by atoms with Gasteiger partial charge in [-0.05, 0) is 43.9 Å². The van der Waals surface area contributed by atoms with Crippen LogP contribution in [0.1, 0.15) is 25.7 Å². The zero-order valence-electron chi connectivity index (χ0n) is 10.9. The second-order valence-electron chi connectivity index (χ2n) is 4.93. The van der Waals surface area contributed by atoms with Gasteiger partial charge in [-0.15, -0.1) is 0 Å². The van der Waals surface area contributed by atoms with Crippen LogP contribution in [-0.4, -0.2) is 18.0 Å². The summed E-state index contributed by atoms with van der Waals surface area (Å²) in [4.78, 5) is 11.8. The van der Waals surface area contributed by atoms with Crippen molar-refractivity contribution in [2.75, 3.05) is 11.9 Å². The minimum atomic E-state index is -0.806. The largest absolute Gasteiger partial charge is 0.374 e. The van der Waals surface area contributed by atoms with E-state index in [4.69, 9.17) is 5.26 Å². The van der Waals surface area contributed by atoms with Gasteiger partial charge in [0, 0.05) is 0 Å². The molecule has 0 saturated heterocycles. The summed E-state index contributed by atoms with van der Waals surface area (Å²) in [6.07, 6.45) is 3.06. The second kappa shape index (κ2) is 5.87. The summed E-state index contributed by atoms with van der Waals surface area (Å²) in [5.74, 6) is -1.62. The SMILES string of the molecule is N#CC1(NC(=O)CNc2cc(F)ccc2F)CCCC1. The Balaban J connectivity index is 1.92. The lowest BCUT2D eigenvalue weighted by atomic mass is 10.00. The molecule has 6 heteroatoms. The molecule has 0 heterocycles. The summed E-state index contributed by atoms with van der Waals surface area (Å²) >= 11 is 0. The highest BCUT2D eigenvalue weighted by Crippen LogP contribution is 2.28. The molecule has 1 aromatic rings. The van der Waals surface area contributed by atoms with E-state index >= 15 is 0 Å². The average molecular weight is 279 g/mol. The lowest BCUT2D eigenvalue weighted by molar-refractivity contribution is -0.120. The number of nitriles is 1. The summed E-state index contributed by atoms with van der Waals surface area (Å²) in [5.41, 5.74) is -0.878. The van der Waals surface area contributed by atoms with Crippen molar-refractivity contribution in [3.05, 3.63) is 29.8 Å². The molecule has 1 amide bonds. The Hall–Kier alpha value is -2.16. The first kappa shape index (κ1) is 14.3. The van der Waals surface area contributed by atoms with Crippen molar-refractivity contribution in [3.8, 4) is 6.07 Å². The Bertz CT molecular complexity index is 548. The molecule has 0 bridgehead atoms. The first-order chi connectivity index (χ1) is 9.54. The zero-order chi connectivity index (χ0) is 14.6. The standard InChI is InChI=1S/C14H15F2N3O/c15-10-3-4-11(16)12(7-10)18-8-13(20)19-14(9-17)5-1-2-6-14/h3-4,7,18H,1-2,5-6,8H2,(H,19,20). The van der Waals surface area contributed by atoms with Crippen molar-refractivity contribution in [3.63, 3.8) is 0 Å². The molecule has 0 spiro atoms. The lowest BCUT2D eigenvalue weighted by Gasteiger charge is -2.22. The van der Waals surface area contributed by atoms with E-state index in [1.165, 1.54) is 0 Å². The molecule has 1 aliphatic carbocycles. The molecular weight excluding hydrogens is 264 g/mol. The van der Waals surface area contributed by atoms with Crippen molar-refractivity contribution >= 4 is 11.6 Å². The zero-order valence-corrected chi connectivity index (χ0v) is 10.9. The van der Waals surface area contributed by atoms with Crippen LogP contribution in [-0.2, 0) is 4.79 Å². The number of anilines is 1. The number of nitrogens with zero attached hydrogens (tertiary/aromatic N) is 1. The molecule has 1 aliphatic rings. The van der Waals surface area contributed by atoms with Crippen LogP contribution in [0.25, 0.3) is 0 Å². The van der Waals surface area contributed by atoms with Crippen LogP contribution in [0.3, 0.4) is 0 Å². The summed E-state index contributed by atoms with van der Waals surface area (Å²) in [7, 11) is 0. The van der Waals surface area contributed by atoms with Crippen LogP contribution < -0.4 is 10.6 Å². The maximum absolute atomic E-state index is 13.4. The molecule has 0 aliphatic heterocycles. The molecular formula is C14H15F2N3O. The van der Waals surface area contributed by atoms with Gasteiger partial charge in [-0.2, -0.15) is 5.26 Å². The molecule has 0 radical (unpaired) electrons. The monoisotopic (exact) mass is 279 g/mol. The molecule has 1 saturated carbocycles. The molecule has 0 unspecified atom stereocenters. The van der Waals surface area contributed by atoms with Crippen LogP contribution in [0.2, 0.25) is 0 Å². The van der Waals surface area contributed by atoms with E-state index in [2.05, 4.69) is 16.7 Å². The molecule has 1 fully saturated rings. The second-order valence-corrected chi connectivity index (χ2v) is 4.93. The Morgan fingerprint density at radius 1 is 1.35 bits per heavy atom. The predicted octanol–water partition coefficient (Wildman–Crippen LogP) is 2.33. The van der Waals surface area contributed by atoms with Gasteiger partial charge >= 0.3 is 0 Å². The van der Waals surface area contributed by atoms with E-state index in [1.54, 1.807) is 0 Å². The molecule has 0 aromatic heterocycles. The van der Waals surface area contributed by atoms with Gasteiger partial charge in [-0.3, -0.25) is 4.79 Å². The van der Waals surface area contributed by atoms with Crippen LogP contribution in [0.15, 0.2) is 18.2 Å². The molecule has 4 nitrogen and oxygen atoms in total. The minimum Gasteiger partial charge on any atom is -0.374 e. The summed E-state index contributed by atoms with van der Waals surface area (Å²) in [6, 6.07) is 5.11. The van der Waals surface area contributed by atoms with Gasteiger partial charge in [-0.1, -0.05) is 0 Å². The van der Waals surface area contributed by atoms with Crippen molar-refractivity contribution < 1.29 is 13.6 Å². The van der Waals surface area contributed by atoms with Crippen LogP contribution in [0.4, 0.5) is 14.5 Å². The Labute approximate surface area is 115 Å². The van der Waals surface area contributed by atoms with Crippen LogP contribution in [0.5, 0.6) is 0 Å². The van der Waals surface area contributed by atoms with Crippen molar-refractivity contribution in [2.45, 2.75) is 31.2 Å². The number of carbonyl (C=O) groups excluding carboxylic acids is 1. The summed E-state index contributed by atoms with van der Waals surface area (Å²) in [6.45, 7) is -0.205. The predicted molar refractivity (Wildman–Crippen MR) is 69.8 cm³/mol. The van der Waals surface area contributed by atoms with Gasteiger partial charge in [0.2, 0.25) is 5.91 Å². The van der Waals surface area contributed by atoms with Crippen LogP contribution >= 0.6 is 0 Å². The Kier molecular flexibility index (Phi) is 4.18. The van der Waals surface area contributed by atoms with E-state index in [0.29, 0.717) is 12.8 Å². The summed E-state index contributed by atoms with van der Waals surface area (Å²) in [5, 5.41) is 14.3. The van der Waals surface area contributed by atoms with E-state index < -0.39 is 23.1 Å². The van der Waals surface area contributed by atoms with Crippen molar-refractivity contribution in [1.82, 2.24) is 5.32 Å². The topological polar surface area (TPSA) is 64.9 Å². The van der Waals surface area contributed by atoms with E-state index in [1.807, 2.05) is 0 Å². The minimum absolute atomic E-state index is 0.0717. The van der Waals surface area contributed by atoms with Gasteiger partial charge in [-0.25, -0.2) is 8.78 Å². The van der Waals surface area contributed by atoms with Gasteiger partial charge < -0.3 is 10.6 Å². The molecule has 106 valence electrons. The number of rotatable bonds is 4. The highest BCUT2D eigenvalue weighted by atomic mass is 19.1. The average Bonchev–Trinajstić information content (AvgIpc) is 2.89. The molecule has 1 aromatic carbocycles. The van der Waals surface area contributed by atoms with Crippen molar-refractivity contribution in [1.29, 1.82) is 5.26 Å². The quantitative estimate of drug-likeness (QED) is 0.889. The third-order valence-corrected chi connectivity index (χ3v) is 3.42. The van der Waals surface area contributed by atoms with E-state index in [0.717, 1.165) is 31.0 Å². The maximum Gasteiger partial charge on any atom is 0.240 e. The van der Waals surface area contributed by atoms with Gasteiger partial charge in [0.1, 0.15) is 17.2 Å². The normalized spacial score (nSPS) is 16.4. The van der Waals surface area contributed by atoms with E-state index in [9.17, 15) is 13.6 Å². The van der Waals surface area contributed by atoms with Crippen molar-refractivity contribution in [2.24, 2.45) is 0 Å². The maximum atomic E-state index is 13.4. The van der Waals surface area contributed by atoms with Crippen LogP contribution in [0, 0.1) is 23.0 Å². The Morgan fingerprint density at radius 3 is 2.70 bits per heavy atom. The number of halogens is 2. The third kappa shape index (κ3) is 3.23. The third-order valence-electron chi connectivity index (χ3n) is 3.42. The fraction of sp³-hybridized carbons (Fsp3) is 0.429. The molecule has 2 rings (SSSR count). The first-order valence-electron chi connectivity index (χ1n) is 6.46. The fourth-order valence-electron chi connectivity index (χ4n) is 2.36. The number of hydrogen-bond acceptors (Lipinski definition) is 3. The highest BCUT2D eigenvalue weighted by Gasteiger charge is 2.35. The highest BCUT2D eigenvalue weighted by molar-refractivity contribution is 5.82. The number of amides is 1. The Morgan fingerprint density at radius 2 is 2.05 bits per heavy atom. The summed E-state index contributed by atoms with van der Waals surface area (Å²) < 4.78 is 26.3.